The Morgan fingerprint density at radius 2 is 2.27 bits per heavy atom. The molecule has 1 atom stereocenters. The molecular weight excluding hydrogens is 302 g/mol. The molecular formula is C16H24ClN3O2. The Hall–Kier alpha value is -1.07. The van der Waals surface area contributed by atoms with E-state index in [0.717, 1.165) is 37.6 Å². The molecule has 0 radical (unpaired) electrons. The Morgan fingerprint density at radius 3 is 2.91 bits per heavy atom. The van der Waals surface area contributed by atoms with Gasteiger partial charge in [0.05, 0.1) is 24.9 Å². The molecule has 6 heteroatoms. The van der Waals surface area contributed by atoms with Gasteiger partial charge in [0.2, 0.25) is 5.91 Å². The fraction of sp³-hybridized carbons (Fsp3) is 0.750. The van der Waals surface area contributed by atoms with Gasteiger partial charge in [0.15, 0.2) is 0 Å². The molecule has 0 N–H and O–H groups in total. The molecule has 5 nitrogen and oxygen atoms in total. The van der Waals surface area contributed by atoms with E-state index in [0.29, 0.717) is 13.2 Å². The van der Waals surface area contributed by atoms with Gasteiger partial charge >= 0.3 is 0 Å². The first-order chi connectivity index (χ1) is 10.8. The maximum atomic E-state index is 12.2. The molecule has 1 aliphatic heterocycles. The Balaban J connectivity index is 1.69. The molecule has 2 heterocycles. The van der Waals surface area contributed by atoms with Crippen LogP contribution < -0.4 is 0 Å². The van der Waals surface area contributed by atoms with Gasteiger partial charge in [-0.05, 0) is 37.7 Å². The second-order valence-corrected chi connectivity index (χ2v) is 6.60. The molecule has 3 rings (SSSR count). The van der Waals surface area contributed by atoms with Crippen LogP contribution in [-0.2, 0) is 22.6 Å². The number of carbonyl (C=O) groups excluding carboxylic acids is 1. The first-order valence-corrected chi connectivity index (χ1v) is 8.75. The van der Waals surface area contributed by atoms with Crippen LogP contribution >= 0.6 is 11.6 Å². The molecule has 22 heavy (non-hydrogen) atoms. The number of carbonyl (C=O) groups is 1. The van der Waals surface area contributed by atoms with Crippen LogP contribution in [0, 0.1) is 5.92 Å². The topological polar surface area (TPSA) is 47.4 Å². The second-order valence-electron chi connectivity index (χ2n) is 6.33. The molecule has 1 aliphatic carbocycles. The van der Waals surface area contributed by atoms with Crippen LogP contribution in [0.2, 0.25) is 0 Å². The van der Waals surface area contributed by atoms with Crippen molar-refractivity contribution in [3.63, 3.8) is 0 Å². The SMILES string of the molecule is O=C(CCl)N(Cc1ccnn1CC1CCC1)[C@H]1CCCOC1. The smallest absolute Gasteiger partial charge is 0.238 e. The molecule has 2 aliphatic rings. The van der Waals surface area contributed by atoms with Gasteiger partial charge in [0.1, 0.15) is 5.88 Å². The highest BCUT2D eigenvalue weighted by molar-refractivity contribution is 6.27. The average Bonchev–Trinajstić information content (AvgIpc) is 2.95. The van der Waals surface area contributed by atoms with Gasteiger partial charge < -0.3 is 9.64 Å². The lowest BCUT2D eigenvalue weighted by Crippen LogP contribution is -2.45. The van der Waals surface area contributed by atoms with E-state index in [9.17, 15) is 4.79 Å². The second kappa shape index (κ2) is 7.47. The maximum absolute atomic E-state index is 12.2. The van der Waals surface area contributed by atoms with E-state index in [2.05, 4.69) is 9.78 Å². The Kier molecular flexibility index (Phi) is 5.37. The van der Waals surface area contributed by atoms with Gasteiger partial charge in [-0.1, -0.05) is 6.42 Å². The number of alkyl halides is 1. The Morgan fingerprint density at radius 1 is 1.41 bits per heavy atom. The van der Waals surface area contributed by atoms with Crippen LogP contribution in [0.3, 0.4) is 0 Å². The molecule has 0 spiro atoms. The molecule has 0 bridgehead atoms. The summed E-state index contributed by atoms with van der Waals surface area (Å²) in [6.45, 7) is 2.94. The van der Waals surface area contributed by atoms with Crippen molar-refractivity contribution in [3.05, 3.63) is 18.0 Å². The van der Waals surface area contributed by atoms with Crippen molar-refractivity contribution in [1.29, 1.82) is 0 Å². The zero-order valence-corrected chi connectivity index (χ0v) is 13.7. The number of amides is 1. The van der Waals surface area contributed by atoms with Crippen molar-refractivity contribution in [2.45, 2.75) is 51.2 Å². The van der Waals surface area contributed by atoms with E-state index in [1.165, 1.54) is 19.3 Å². The number of ether oxygens (including phenoxy) is 1. The fourth-order valence-electron chi connectivity index (χ4n) is 3.22. The van der Waals surface area contributed by atoms with Gasteiger partial charge in [-0.25, -0.2) is 0 Å². The summed E-state index contributed by atoms with van der Waals surface area (Å²) in [6.07, 6.45) is 7.73. The number of hydrogen-bond donors (Lipinski definition) is 0. The molecule has 1 aromatic rings. The van der Waals surface area contributed by atoms with Crippen LogP contribution in [0.4, 0.5) is 0 Å². The molecule has 122 valence electrons. The number of hydrogen-bond acceptors (Lipinski definition) is 3. The van der Waals surface area contributed by atoms with Crippen molar-refractivity contribution in [2.75, 3.05) is 19.1 Å². The summed E-state index contributed by atoms with van der Waals surface area (Å²) in [5.41, 5.74) is 1.09. The quantitative estimate of drug-likeness (QED) is 0.755. The Bertz CT molecular complexity index is 495. The van der Waals surface area contributed by atoms with Crippen LogP contribution in [0.15, 0.2) is 12.3 Å². The third kappa shape index (κ3) is 3.63. The first kappa shape index (κ1) is 15.8. The van der Waals surface area contributed by atoms with E-state index in [-0.39, 0.29) is 17.8 Å². The third-order valence-electron chi connectivity index (χ3n) is 4.80. The highest BCUT2D eigenvalue weighted by Crippen LogP contribution is 2.28. The van der Waals surface area contributed by atoms with Gasteiger partial charge in [-0.3, -0.25) is 9.48 Å². The molecule has 1 aromatic heterocycles. The van der Waals surface area contributed by atoms with Crippen LogP contribution in [0.1, 0.15) is 37.8 Å². The van der Waals surface area contributed by atoms with Gasteiger partial charge in [-0.15, -0.1) is 11.6 Å². The van der Waals surface area contributed by atoms with E-state index in [1.807, 2.05) is 17.2 Å². The number of nitrogens with zero attached hydrogens (tertiary/aromatic N) is 3. The summed E-state index contributed by atoms with van der Waals surface area (Å²) < 4.78 is 7.60. The van der Waals surface area contributed by atoms with Gasteiger partial charge in [0.25, 0.3) is 0 Å². The van der Waals surface area contributed by atoms with Crippen LogP contribution in [0.25, 0.3) is 0 Å². The van der Waals surface area contributed by atoms with Crippen molar-refractivity contribution in [1.82, 2.24) is 14.7 Å². The molecule has 0 unspecified atom stereocenters. The van der Waals surface area contributed by atoms with Crippen molar-refractivity contribution < 1.29 is 9.53 Å². The van der Waals surface area contributed by atoms with E-state index in [1.54, 1.807) is 0 Å². The summed E-state index contributed by atoms with van der Waals surface area (Å²) in [4.78, 5) is 14.1. The molecule has 1 saturated heterocycles. The summed E-state index contributed by atoms with van der Waals surface area (Å²) in [6, 6.07) is 2.14. The summed E-state index contributed by atoms with van der Waals surface area (Å²) in [7, 11) is 0. The summed E-state index contributed by atoms with van der Waals surface area (Å²) in [5, 5.41) is 4.44. The molecule has 0 aromatic carbocycles. The standard InChI is InChI=1S/C16H24ClN3O2/c17-9-16(21)19(15-5-2-8-22-12-15)11-14-6-7-18-20(14)10-13-3-1-4-13/h6-7,13,15H,1-5,8-12H2/t15-/m0/s1. The minimum atomic E-state index is -0.0199. The lowest BCUT2D eigenvalue weighted by Gasteiger charge is -2.34. The highest BCUT2D eigenvalue weighted by Gasteiger charge is 2.27. The minimum Gasteiger partial charge on any atom is -0.379 e. The predicted octanol–water partition coefficient (Wildman–Crippen LogP) is 2.43. The fourth-order valence-corrected chi connectivity index (χ4v) is 3.37. The molecule has 1 amide bonds. The summed E-state index contributed by atoms with van der Waals surface area (Å²) >= 11 is 5.81. The number of halogens is 1. The monoisotopic (exact) mass is 325 g/mol. The van der Waals surface area contributed by atoms with Crippen LogP contribution in [0.5, 0.6) is 0 Å². The number of aromatic nitrogens is 2. The molecule has 2 fully saturated rings. The lowest BCUT2D eigenvalue weighted by molar-refractivity contribution is -0.134. The zero-order chi connectivity index (χ0) is 15.4. The maximum Gasteiger partial charge on any atom is 0.238 e. The normalized spacial score (nSPS) is 22.3. The predicted molar refractivity (Wildman–Crippen MR) is 84.7 cm³/mol. The zero-order valence-electron chi connectivity index (χ0n) is 12.9. The van der Waals surface area contributed by atoms with Crippen molar-refractivity contribution in [2.24, 2.45) is 5.92 Å². The van der Waals surface area contributed by atoms with Crippen molar-refractivity contribution in [3.8, 4) is 0 Å². The van der Waals surface area contributed by atoms with Gasteiger partial charge in [0, 0.05) is 19.3 Å². The highest BCUT2D eigenvalue weighted by atomic mass is 35.5. The van der Waals surface area contributed by atoms with E-state index >= 15 is 0 Å². The largest absolute Gasteiger partial charge is 0.379 e. The third-order valence-corrected chi connectivity index (χ3v) is 5.03. The average molecular weight is 326 g/mol. The summed E-state index contributed by atoms with van der Waals surface area (Å²) in [5.74, 6) is 0.746. The van der Waals surface area contributed by atoms with Crippen molar-refractivity contribution >= 4 is 17.5 Å². The van der Waals surface area contributed by atoms with E-state index < -0.39 is 0 Å². The van der Waals surface area contributed by atoms with Gasteiger partial charge in [-0.2, -0.15) is 5.10 Å². The number of rotatable bonds is 6. The van der Waals surface area contributed by atoms with E-state index in [4.69, 9.17) is 16.3 Å². The van der Waals surface area contributed by atoms with Crippen LogP contribution in [-0.4, -0.2) is 45.7 Å². The Labute approximate surface area is 136 Å². The molecule has 1 saturated carbocycles. The first-order valence-electron chi connectivity index (χ1n) is 8.22. The lowest BCUT2D eigenvalue weighted by atomic mass is 9.85. The minimum absolute atomic E-state index is 0.0199.